The molecule has 1 aliphatic heterocycles. The quantitative estimate of drug-likeness (QED) is 0.375. The van der Waals surface area contributed by atoms with E-state index in [1.807, 2.05) is 0 Å². The van der Waals surface area contributed by atoms with Crippen LogP contribution in [0.2, 0.25) is 0 Å². The van der Waals surface area contributed by atoms with Crippen LogP contribution < -0.4 is 10.6 Å². The topological polar surface area (TPSA) is 88.1 Å². The maximum atomic E-state index is 11.2. The van der Waals surface area contributed by atoms with Crippen LogP contribution in [0, 0.1) is 0 Å². The minimum absolute atomic E-state index is 0.395. The van der Waals surface area contributed by atoms with Crippen molar-refractivity contribution >= 4 is 6.03 Å². The van der Waals surface area contributed by atoms with Gasteiger partial charge in [0.15, 0.2) is 0 Å². The molecule has 0 aromatic rings. The molecule has 0 spiro atoms. The van der Waals surface area contributed by atoms with Gasteiger partial charge in [-0.1, -0.05) is 0 Å². The Morgan fingerprint density at radius 3 is 2.85 bits per heavy atom. The SMILES string of the molecule is O=C(NCO)N(CO)N1CCNC1. The minimum Gasteiger partial charge on any atom is -0.376 e. The van der Waals surface area contributed by atoms with Crippen molar-refractivity contribution in [1.82, 2.24) is 20.7 Å². The van der Waals surface area contributed by atoms with Gasteiger partial charge < -0.3 is 20.8 Å². The first kappa shape index (κ1) is 10.2. The van der Waals surface area contributed by atoms with Crippen molar-refractivity contribution in [3.63, 3.8) is 0 Å². The Kier molecular flexibility index (Phi) is 3.90. The lowest BCUT2D eigenvalue weighted by molar-refractivity contribution is -0.0290. The van der Waals surface area contributed by atoms with Crippen LogP contribution >= 0.6 is 0 Å². The molecule has 0 aliphatic carbocycles. The van der Waals surface area contributed by atoms with Gasteiger partial charge in [-0.25, -0.2) is 9.80 Å². The van der Waals surface area contributed by atoms with Crippen LogP contribution in [0.4, 0.5) is 4.79 Å². The van der Waals surface area contributed by atoms with Crippen LogP contribution in [-0.2, 0) is 0 Å². The largest absolute Gasteiger partial charge is 0.376 e. The Labute approximate surface area is 75.9 Å². The van der Waals surface area contributed by atoms with E-state index >= 15 is 0 Å². The van der Waals surface area contributed by atoms with Crippen LogP contribution in [0.3, 0.4) is 0 Å². The third kappa shape index (κ3) is 2.52. The van der Waals surface area contributed by atoms with E-state index in [1.54, 1.807) is 5.01 Å². The van der Waals surface area contributed by atoms with E-state index in [0.717, 1.165) is 11.6 Å². The number of hydrogen-bond donors (Lipinski definition) is 4. The molecular formula is C6H14N4O3. The van der Waals surface area contributed by atoms with Crippen LogP contribution in [0.15, 0.2) is 0 Å². The summed E-state index contributed by atoms with van der Waals surface area (Å²) < 4.78 is 0. The highest BCUT2D eigenvalue weighted by molar-refractivity contribution is 5.73. The molecule has 1 aliphatic rings. The van der Waals surface area contributed by atoms with Crippen LogP contribution in [0.25, 0.3) is 0 Å². The number of nitrogens with zero attached hydrogens (tertiary/aromatic N) is 2. The zero-order valence-electron chi connectivity index (χ0n) is 7.23. The summed E-state index contributed by atoms with van der Waals surface area (Å²) in [7, 11) is 0. The molecule has 4 N–H and O–H groups in total. The van der Waals surface area contributed by atoms with E-state index in [1.165, 1.54) is 0 Å². The highest BCUT2D eigenvalue weighted by Gasteiger charge is 2.22. The highest BCUT2D eigenvalue weighted by Crippen LogP contribution is 1.99. The molecule has 0 atom stereocenters. The zero-order chi connectivity index (χ0) is 9.68. The van der Waals surface area contributed by atoms with Crippen molar-refractivity contribution in [2.24, 2.45) is 0 Å². The molecule has 0 radical (unpaired) electrons. The number of carbonyl (C=O) groups is 1. The van der Waals surface area contributed by atoms with Gasteiger partial charge in [0.2, 0.25) is 0 Å². The van der Waals surface area contributed by atoms with Crippen molar-refractivity contribution in [2.75, 3.05) is 33.2 Å². The fourth-order valence-corrected chi connectivity index (χ4v) is 1.14. The molecule has 0 aromatic heterocycles. The molecule has 0 bridgehead atoms. The number of aliphatic hydroxyl groups excluding tert-OH is 2. The van der Waals surface area contributed by atoms with Gasteiger partial charge in [-0.15, -0.1) is 0 Å². The minimum atomic E-state index is -0.506. The average Bonchev–Trinajstić information content (AvgIpc) is 2.59. The molecule has 1 saturated heterocycles. The first-order chi connectivity index (χ1) is 6.29. The lowest BCUT2D eigenvalue weighted by Gasteiger charge is -2.28. The molecule has 0 saturated carbocycles. The Morgan fingerprint density at radius 2 is 2.38 bits per heavy atom. The fraction of sp³-hybridized carbons (Fsp3) is 0.833. The number of rotatable bonds is 3. The molecule has 7 heteroatoms. The third-order valence-electron chi connectivity index (χ3n) is 1.78. The monoisotopic (exact) mass is 190 g/mol. The van der Waals surface area contributed by atoms with E-state index in [0.29, 0.717) is 13.2 Å². The van der Waals surface area contributed by atoms with Gasteiger partial charge in [0.1, 0.15) is 13.5 Å². The molecule has 0 unspecified atom stereocenters. The number of hydrazine groups is 1. The lowest BCUT2D eigenvalue weighted by atomic mass is 10.7. The Morgan fingerprint density at radius 1 is 1.62 bits per heavy atom. The van der Waals surface area contributed by atoms with Crippen molar-refractivity contribution in [1.29, 1.82) is 0 Å². The van der Waals surface area contributed by atoms with Crippen LogP contribution in [0.5, 0.6) is 0 Å². The van der Waals surface area contributed by atoms with E-state index in [9.17, 15) is 4.79 Å². The maximum absolute atomic E-state index is 11.2. The van der Waals surface area contributed by atoms with Gasteiger partial charge in [-0.3, -0.25) is 0 Å². The standard InChI is InChI=1S/C6H14N4O3/c11-4-8-6(13)10(5-12)9-2-1-7-3-9/h7,11-12H,1-5H2,(H,8,13). The second-order valence-corrected chi connectivity index (χ2v) is 2.57. The molecule has 1 rings (SSSR count). The third-order valence-corrected chi connectivity index (χ3v) is 1.78. The molecular weight excluding hydrogens is 176 g/mol. The van der Waals surface area contributed by atoms with Crippen LogP contribution in [0.1, 0.15) is 0 Å². The van der Waals surface area contributed by atoms with E-state index in [2.05, 4.69) is 10.6 Å². The van der Waals surface area contributed by atoms with Crippen molar-refractivity contribution in [3.8, 4) is 0 Å². The molecule has 1 fully saturated rings. The Hall–Kier alpha value is -0.890. The molecule has 7 nitrogen and oxygen atoms in total. The summed E-state index contributed by atoms with van der Waals surface area (Å²) in [6.07, 6.45) is 0. The van der Waals surface area contributed by atoms with Gasteiger partial charge in [0.25, 0.3) is 0 Å². The summed E-state index contributed by atoms with van der Waals surface area (Å²) >= 11 is 0. The number of carbonyl (C=O) groups excluding carboxylic acids is 1. The Balaban J connectivity index is 2.44. The molecule has 1 heterocycles. The van der Waals surface area contributed by atoms with Gasteiger partial charge in [-0.05, 0) is 0 Å². The number of urea groups is 1. The number of aliphatic hydroxyl groups is 2. The first-order valence-corrected chi connectivity index (χ1v) is 4.02. The second-order valence-electron chi connectivity index (χ2n) is 2.57. The highest BCUT2D eigenvalue weighted by atomic mass is 16.3. The smallest absolute Gasteiger partial charge is 0.335 e. The predicted octanol–water partition coefficient (Wildman–Crippen LogP) is -2.32. The molecule has 2 amide bonds. The summed E-state index contributed by atoms with van der Waals surface area (Å²) in [5, 5.41) is 25.3. The molecule has 0 aromatic carbocycles. The van der Waals surface area contributed by atoms with Crippen molar-refractivity contribution < 1.29 is 15.0 Å². The lowest BCUT2D eigenvalue weighted by Crippen LogP contribution is -2.50. The first-order valence-electron chi connectivity index (χ1n) is 4.02. The number of amides is 2. The maximum Gasteiger partial charge on any atom is 0.335 e. The van der Waals surface area contributed by atoms with Gasteiger partial charge >= 0.3 is 6.03 Å². The van der Waals surface area contributed by atoms with Gasteiger partial charge in [-0.2, -0.15) is 5.01 Å². The summed E-state index contributed by atoms with van der Waals surface area (Å²) in [4.78, 5) is 11.2. The predicted molar refractivity (Wildman–Crippen MR) is 44.1 cm³/mol. The molecule has 13 heavy (non-hydrogen) atoms. The zero-order valence-corrected chi connectivity index (χ0v) is 7.23. The summed E-state index contributed by atoms with van der Waals surface area (Å²) in [6.45, 7) is 1.14. The van der Waals surface area contributed by atoms with E-state index in [4.69, 9.17) is 10.2 Å². The molecule has 76 valence electrons. The van der Waals surface area contributed by atoms with E-state index < -0.39 is 19.5 Å². The summed E-state index contributed by atoms with van der Waals surface area (Å²) in [5.41, 5.74) is 0. The van der Waals surface area contributed by atoms with Crippen molar-refractivity contribution in [3.05, 3.63) is 0 Å². The average molecular weight is 190 g/mol. The summed E-state index contributed by atoms with van der Waals surface area (Å²) in [5.74, 6) is 0. The van der Waals surface area contributed by atoms with Gasteiger partial charge in [0, 0.05) is 13.1 Å². The fourth-order valence-electron chi connectivity index (χ4n) is 1.14. The van der Waals surface area contributed by atoms with Crippen molar-refractivity contribution in [2.45, 2.75) is 0 Å². The summed E-state index contributed by atoms with van der Waals surface area (Å²) in [6, 6.07) is -0.506. The Bertz CT molecular complexity index is 171. The number of hydrogen-bond acceptors (Lipinski definition) is 5. The van der Waals surface area contributed by atoms with Crippen LogP contribution in [-0.4, -0.2) is 59.5 Å². The normalized spacial score (nSPS) is 17.4. The second kappa shape index (κ2) is 4.97. The van der Waals surface area contributed by atoms with E-state index in [-0.39, 0.29) is 0 Å². The number of nitrogens with one attached hydrogen (secondary N) is 2. The van der Waals surface area contributed by atoms with Gasteiger partial charge in [0.05, 0.1) is 6.67 Å².